The number of carbonyl (C=O) groups is 3. The molecule has 0 saturated heterocycles. The second-order valence-corrected chi connectivity index (χ2v) is 5.55. The van der Waals surface area contributed by atoms with Gasteiger partial charge in [-0.3, -0.25) is 24.8 Å². The van der Waals surface area contributed by atoms with Crippen molar-refractivity contribution in [1.29, 1.82) is 0 Å². The highest BCUT2D eigenvalue weighted by Crippen LogP contribution is 2.22. The Morgan fingerprint density at radius 3 is 2.04 bits per heavy atom. The molecule has 7 heteroatoms. The minimum atomic E-state index is -0.688. The van der Waals surface area contributed by atoms with Crippen LogP contribution in [0.1, 0.15) is 31.2 Å². The van der Waals surface area contributed by atoms with E-state index in [2.05, 4.69) is 15.4 Å². The quantitative estimate of drug-likeness (QED) is 0.735. The zero-order chi connectivity index (χ0) is 18.1. The van der Waals surface area contributed by atoms with Crippen LogP contribution in [0.25, 0.3) is 11.3 Å². The highest BCUT2D eigenvalue weighted by Gasteiger charge is 2.37. The number of hydrogen-bond acceptors (Lipinski definition) is 5. The molecule has 0 aliphatic carbocycles. The molecule has 1 aliphatic heterocycles. The smallest absolute Gasteiger partial charge is 0.267 e. The summed E-state index contributed by atoms with van der Waals surface area (Å²) in [4.78, 5) is 45.7. The van der Waals surface area contributed by atoms with Crippen molar-refractivity contribution in [3.63, 3.8) is 0 Å². The summed E-state index contributed by atoms with van der Waals surface area (Å²) >= 11 is 0. The number of nitrogens with one attached hydrogen (secondary N) is 1. The summed E-state index contributed by atoms with van der Waals surface area (Å²) in [6.45, 7) is 0. The van der Waals surface area contributed by atoms with Crippen molar-refractivity contribution in [1.82, 2.24) is 20.4 Å². The number of hydrazine groups is 1. The van der Waals surface area contributed by atoms with Crippen molar-refractivity contribution in [2.24, 2.45) is 0 Å². The van der Waals surface area contributed by atoms with Gasteiger partial charge in [0.25, 0.3) is 17.7 Å². The van der Waals surface area contributed by atoms with Gasteiger partial charge < -0.3 is 0 Å². The SMILES string of the molecule is O=C(NN1C(=O)c2ccccc2C1=O)c1nccnc1-c1ccccc1. The predicted molar refractivity (Wildman–Crippen MR) is 91.9 cm³/mol. The summed E-state index contributed by atoms with van der Waals surface area (Å²) < 4.78 is 0. The number of amides is 3. The number of hydrogen-bond donors (Lipinski definition) is 1. The zero-order valence-electron chi connectivity index (χ0n) is 13.4. The molecule has 1 N–H and O–H groups in total. The van der Waals surface area contributed by atoms with Crippen molar-refractivity contribution < 1.29 is 14.4 Å². The Morgan fingerprint density at radius 1 is 0.808 bits per heavy atom. The molecule has 0 unspecified atom stereocenters. The number of carbonyl (C=O) groups excluding carboxylic acids is 3. The van der Waals surface area contributed by atoms with Crippen molar-refractivity contribution >= 4 is 17.7 Å². The van der Waals surface area contributed by atoms with E-state index in [-0.39, 0.29) is 16.8 Å². The van der Waals surface area contributed by atoms with Gasteiger partial charge in [0.1, 0.15) is 5.69 Å². The molecule has 0 saturated carbocycles. The molecule has 3 amide bonds. The van der Waals surface area contributed by atoms with Crippen LogP contribution >= 0.6 is 0 Å². The van der Waals surface area contributed by atoms with E-state index in [0.717, 1.165) is 0 Å². The maximum atomic E-state index is 12.7. The Hall–Kier alpha value is -3.87. The van der Waals surface area contributed by atoms with E-state index in [1.165, 1.54) is 12.4 Å². The number of rotatable bonds is 3. The first kappa shape index (κ1) is 15.6. The van der Waals surface area contributed by atoms with Crippen LogP contribution in [0.2, 0.25) is 0 Å². The predicted octanol–water partition coefficient (Wildman–Crippen LogP) is 2.08. The van der Waals surface area contributed by atoms with Gasteiger partial charge in [0, 0.05) is 18.0 Å². The van der Waals surface area contributed by atoms with Gasteiger partial charge in [0.2, 0.25) is 0 Å². The van der Waals surface area contributed by atoms with Crippen LogP contribution in [0.4, 0.5) is 0 Å². The molecular weight excluding hydrogens is 332 g/mol. The fraction of sp³-hybridized carbons (Fsp3) is 0. The highest BCUT2D eigenvalue weighted by molar-refractivity contribution is 6.22. The molecule has 2 heterocycles. The standard InChI is InChI=1S/C19H12N4O3/c24-17(16-15(20-10-11-21-16)12-6-2-1-3-7-12)22-23-18(25)13-8-4-5-9-14(13)19(23)26/h1-11H,(H,22,24). The highest BCUT2D eigenvalue weighted by atomic mass is 16.2. The van der Waals surface area contributed by atoms with E-state index >= 15 is 0 Å². The lowest BCUT2D eigenvalue weighted by Gasteiger charge is -2.15. The van der Waals surface area contributed by atoms with E-state index in [9.17, 15) is 14.4 Å². The van der Waals surface area contributed by atoms with Gasteiger partial charge in [-0.05, 0) is 12.1 Å². The van der Waals surface area contributed by atoms with Gasteiger partial charge in [0.05, 0.1) is 11.1 Å². The molecule has 2 aromatic carbocycles. The van der Waals surface area contributed by atoms with Crippen LogP contribution in [0.3, 0.4) is 0 Å². The lowest BCUT2D eigenvalue weighted by atomic mass is 10.1. The third-order valence-corrected chi connectivity index (χ3v) is 3.97. The molecule has 1 aromatic heterocycles. The van der Waals surface area contributed by atoms with Crippen molar-refractivity contribution in [3.05, 3.63) is 83.8 Å². The normalized spacial score (nSPS) is 12.8. The molecule has 0 bridgehead atoms. The van der Waals surface area contributed by atoms with Crippen molar-refractivity contribution in [2.75, 3.05) is 0 Å². The Labute approximate surface area is 148 Å². The second-order valence-electron chi connectivity index (χ2n) is 5.55. The first-order valence-electron chi connectivity index (χ1n) is 7.82. The lowest BCUT2D eigenvalue weighted by Crippen LogP contribution is -2.46. The molecule has 3 aromatic rings. The Kier molecular flexibility index (Phi) is 3.74. The Balaban J connectivity index is 1.65. The van der Waals surface area contributed by atoms with Crippen LogP contribution in [0, 0.1) is 0 Å². The maximum Gasteiger partial charge on any atom is 0.291 e. The Morgan fingerprint density at radius 2 is 1.38 bits per heavy atom. The van der Waals surface area contributed by atoms with Gasteiger partial charge in [0.15, 0.2) is 5.69 Å². The summed E-state index contributed by atoms with van der Waals surface area (Å²) in [5.41, 5.74) is 3.93. The van der Waals surface area contributed by atoms with Crippen LogP contribution < -0.4 is 5.43 Å². The maximum absolute atomic E-state index is 12.7. The molecule has 0 atom stereocenters. The van der Waals surface area contributed by atoms with Crippen LogP contribution in [0.15, 0.2) is 67.0 Å². The number of aromatic nitrogens is 2. The first-order chi connectivity index (χ1) is 12.7. The van der Waals surface area contributed by atoms with Crippen LogP contribution in [-0.4, -0.2) is 32.7 Å². The third kappa shape index (κ3) is 2.51. The van der Waals surface area contributed by atoms with Crippen LogP contribution in [0.5, 0.6) is 0 Å². The zero-order valence-corrected chi connectivity index (χ0v) is 13.4. The van der Waals surface area contributed by atoms with E-state index in [1.807, 2.05) is 18.2 Å². The van der Waals surface area contributed by atoms with Gasteiger partial charge in [-0.25, -0.2) is 4.98 Å². The van der Waals surface area contributed by atoms with E-state index in [1.54, 1.807) is 36.4 Å². The molecule has 7 nitrogen and oxygen atoms in total. The molecule has 0 fully saturated rings. The molecular formula is C19H12N4O3. The fourth-order valence-corrected chi connectivity index (χ4v) is 2.76. The summed E-state index contributed by atoms with van der Waals surface area (Å²) in [5.74, 6) is -1.85. The number of nitrogens with zero attached hydrogens (tertiary/aromatic N) is 3. The average molecular weight is 344 g/mol. The molecule has 4 rings (SSSR count). The topological polar surface area (TPSA) is 92.3 Å². The summed E-state index contributed by atoms with van der Waals surface area (Å²) in [6.07, 6.45) is 2.85. The molecule has 0 radical (unpaired) electrons. The number of imide groups is 1. The minimum absolute atomic E-state index is 0.0234. The van der Waals surface area contributed by atoms with Gasteiger partial charge in [-0.1, -0.05) is 42.5 Å². The minimum Gasteiger partial charge on any atom is -0.267 e. The molecule has 1 aliphatic rings. The summed E-state index contributed by atoms with van der Waals surface area (Å²) in [7, 11) is 0. The van der Waals surface area contributed by atoms with Crippen molar-refractivity contribution in [3.8, 4) is 11.3 Å². The number of benzene rings is 2. The molecule has 0 spiro atoms. The van der Waals surface area contributed by atoms with E-state index in [4.69, 9.17) is 0 Å². The average Bonchev–Trinajstić information content (AvgIpc) is 2.94. The molecule has 126 valence electrons. The fourth-order valence-electron chi connectivity index (χ4n) is 2.76. The van der Waals surface area contributed by atoms with Gasteiger partial charge in [-0.2, -0.15) is 5.01 Å². The summed E-state index contributed by atoms with van der Waals surface area (Å²) in [6, 6.07) is 15.5. The lowest BCUT2D eigenvalue weighted by molar-refractivity contribution is 0.0516. The largest absolute Gasteiger partial charge is 0.291 e. The van der Waals surface area contributed by atoms with Gasteiger partial charge >= 0.3 is 0 Å². The number of fused-ring (bicyclic) bond motifs is 1. The van der Waals surface area contributed by atoms with Gasteiger partial charge in [-0.15, -0.1) is 0 Å². The molecule has 26 heavy (non-hydrogen) atoms. The van der Waals surface area contributed by atoms with E-state index in [0.29, 0.717) is 16.3 Å². The van der Waals surface area contributed by atoms with Crippen molar-refractivity contribution in [2.45, 2.75) is 0 Å². The third-order valence-electron chi connectivity index (χ3n) is 3.97. The first-order valence-corrected chi connectivity index (χ1v) is 7.82. The summed E-state index contributed by atoms with van der Waals surface area (Å²) in [5, 5.41) is 0.705. The second kappa shape index (κ2) is 6.21. The van der Waals surface area contributed by atoms with E-state index < -0.39 is 17.7 Å². The Bertz CT molecular complexity index is 999. The van der Waals surface area contributed by atoms with Crippen LogP contribution in [-0.2, 0) is 0 Å². The monoisotopic (exact) mass is 344 g/mol.